The lowest BCUT2D eigenvalue weighted by molar-refractivity contribution is 0.126. The normalized spacial score (nSPS) is 11.2. The Morgan fingerprint density at radius 2 is 1.92 bits per heavy atom. The molecule has 0 bridgehead atoms. The summed E-state index contributed by atoms with van der Waals surface area (Å²) < 4.78 is 9.75. The summed E-state index contributed by atoms with van der Waals surface area (Å²) in [5, 5.41) is 0. The minimum absolute atomic E-state index is 0.497. The van der Waals surface area contributed by atoms with Crippen LogP contribution in [0.5, 0.6) is 0 Å². The average molecular weight is 333 g/mol. The molecule has 0 unspecified atom stereocenters. The second-order valence-electron chi connectivity index (χ2n) is 5.67. The van der Waals surface area contributed by atoms with Crippen molar-refractivity contribution < 1.29 is 4.74 Å². The quantitative estimate of drug-likeness (QED) is 0.544. The van der Waals surface area contributed by atoms with Gasteiger partial charge in [0.25, 0.3) is 0 Å². The van der Waals surface area contributed by atoms with Gasteiger partial charge in [0.1, 0.15) is 23.8 Å². The van der Waals surface area contributed by atoms with E-state index in [2.05, 4.69) is 31.2 Å². The molecule has 0 aliphatic heterocycles. The molecular formula is C19H19N5O. The van der Waals surface area contributed by atoms with Crippen molar-refractivity contribution in [3.63, 3.8) is 0 Å². The van der Waals surface area contributed by atoms with Gasteiger partial charge in [-0.15, -0.1) is 0 Å². The maximum atomic E-state index is 5.51. The zero-order chi connectivity index (χ0) is 17.1. The van der Waals surface area contributed by atoms with Crippen molar-refractivity contribution in [2.45, 2.75) is 20.1 Å². The number of hydrogen-bond donors (Lipinski definition) is 0. The molecule has 0 fully saturated rings. The molecule has 0 saturated heterocycles. The van der Waals surface area contributed by atoms with Gasteiger partial charge in [-0.3, -0.25) is 9.55 Å². The molecule has 0 aliphatic rings. The van der Waals surface area contributed by atoms with Gasteiger partial charge < -0.3 is 9.30 Å². The van der Waals surface area contributed by atoms with Crippen LogP contribution in [0.1, 0.15) is 18.6 Å². The van der Waals surface area contributed by atoms with Gasteiger partial charge in [0.15, 0.2) is 0 Å². The predicted molar refractivity (Wildman–Crippen MR) is 95.5 cm³/mol. The Balaban J connectivity index is 1.79. The molecule has 1 aromatic carbocycles. The molecule has 25 heavy (non-hydrogen) atoms. The molecule has 0 atom stereocenters. The maximum Gasteiger partial charge on any atom is 0.135 e. The first-order valence-electron chi connectivity index (χ1n) is 8.31. The number of hydrogen-bond acceptors (Lipinski definition) is 4. The van der Waals surface area contributed by atoms with Gasteiger partial charge in [-0.05, 0) is 25.1 Å². The lowest BCUT2D eigenvalue weighted by Crippen LogP contribution is -2.10. The largest absolute Gasteiger partial charge is 0.374 e. The molecule has 0 saturated carbocycles. The SMILES string of the molecule is CCOCc1nccn1Cc1nc2cnccc2n1-c1ccccc1. The summed E-state index contributed by atoms with van der Waals surface area (Å²) in [6, 6.07) is 12.2. The molecule has 3 aromatic heterocycles. The van der Waals surface area contributed by atoms with Gasteiger partial charge in [0, 0.05) is 30.9 Å². The summed E-state index contributed by atoms with van der Waals surface area (Å²) in [6.45, 7) is 3.76. The zero-order valence-corrected chi connectivity index (χ0v) is 14.0. The summed E-state index contributed by atoms with van der Waals surface area (Å²) in [4.78, 5) is 13.4. The molecular weight excluding hydrogens is 314 g/mol. The number of benzene rings is 1. The minimum Gasteiger partial charge on any atom is -0.374 e. The first-order valence-corrected chi connectivity index (χ1v) is 8.31. The molecule has 4 rings (SSSR count). The van der Waals surface area contributed by atoms with Crippen LogP contribution in [0.25, 0.3) is 16.7 Å². The monoisotopic (exact) mass is 333 g/mol. The van der Waals surface area contributed by atoms with E-state index >= 15 is 0 Å². The average Bonchev–Trinajstić information content (AvgIpc) is 3.24. The Kier molecular flexibility index (Phi) is 4.26. The number of imidazole rings is 2. The molecule has 6 heteroatoms. The number of fused-ring (bicyclic) bond motifs is 1. The lowest BCUT2D eigenvalue weighted by Gasteiger charge is -2.11. The van der Waals surface area contributed by atoms with Crippen LogP contribution in [0, 0.1) is 0 Å². The highest BCUT2D eigenvalue weighted by Gasteiger charge is 2.14. The Morgan fingerprint density at radius 3 is 2.76 bits per heavy atom. The van der Waals surface area contributed by atoms with Crippen molar-refractivity contribution >= 4 is 11.0 Å². The fraction of sp³-hybridized carbons (Fsp3) is 0.211. The van der Waals surface area contributed by atoms with Gasteiger partial charge in [0.2, 0.25) is 0 Å². The van der Waals surface area contributed by atoms with Crippen molar-refractivity contribution in [1.29, 1.82) is 0 Å². The summed E-state index contributed by atoms with van der Waals surface area (Å²) in [7, 11) is 0. The zero-order valence-electron chi connectivity index (χ0n) is 14.0. The van der Waals surface area contributed by atoms with E-state index < -0.39 is 0 Å². The number of rotatable bonds is 6. The summed E-state index contributed by atoms with van der Waals surface area (Å²) in [5.74, 6) is 1.83. The van der Waals surface area contributed by atoms with Gasteiger partial charge in [0.05, 0.1) is 18.3 Å². The van der Waals surface area contributed by atoms with Crippen LogP contribution >= 0.6 is 0 Å². The van der Waals surface area contributed by atoms with E-state index in [0.29, 0.717) is 19.8 Å². The second kappa shape index (κ2) is 6.86. The van der Waals surface area contributed by atoms with E-state index in [1.807, 2.05) is 37.4 Å². The van der Waals surface area contributed by atoms with E-state index in [1.54, 1.807) is 18.6 Å². The van der Waals surface area contributed by atoms with E-state index in [9.17, 15) is 0 Å². The fourth-order valence-corrected chi connectivity index (χ4v) is 2.92. The van der Waals surface area contributed by atoms with E-state index in [0.717, 1.165) is 28.4 Å². The van der Waals surface area contributed by atoms with Crippen LogP contribution < -0.4 is 0 Å². The Labute approximate surface area is 145 Å². The molecule has 6 nitrogen and oxygen atoms in total. The Bertz CT molecular complexity index is 974. The highest BCUT2D eigenvalue weighted by atomic mass is 16.5. The van der Waals surface area contributed by atoms with Crippen LogP contribution in [-0.2, 0) is 17.9 Å². The van der Waals surface area contributed by atoms with Crippen LogP contribution in [0.2, 0.25) is 0 Å². The number of pyridine rings is 1. The standard InChI is InChI=1S/C19H19N5O/c1-2-25-14-19-21-10-11-23(19)13-18-22-16-12-20-9-8-17(16)24(18)15-6-4-3-5-7-15/h3-12H,2,13-14H2,1H3. The first-order chi connectivity index (χ1) is 12.4. The second-order valence-corrected chi connectivity index (χ2v) is 5.67. The lowest BCUT2D eigenvalue weighted by atomic mass is 10.3. The van der Waals surface area contributed by atoms with Crippen molar-refractivity contribution in [1.82, 2.24) is 24.1 Å². The van der Waals surface area contributed by atoms with Gasteiger partial charge >= 0.3 is 0 Å². The topological polar surface area (TPSA) is 57.8 Å². The molecule has 4 aromatic rings. The number of nitrogens with zero attached hydrogens (tertiary/aromatic N) is 5. The predicted octanol–water partition coefficient (Wildman–Crippen LogP) is 3.20. The Hall–Kier alpha value is -2.99. The van der Waals surface area contributed by atoms with Gasteiger partial charge in [-0.1, -0.05) is 18.2 Å². The molecule has 3 heterocycles. The van der Waals surface area contributed by atoms with Crippen LogP contribution in [0.3, 0.4) is 0 Å². The van der Waals surface area contributed by atoms with Crippen molar-refractivity contribution in [2.24, 2.45) is 0 Å². The van der Waals surface area contributed by atoms with E-state index in [1.165, 1.54) is 0 Å². The van der Waals surface area contributed by atoms with Gasteiger partial charge in [-0.25, -0.2) is 9.97 Å². The third-order valence-electron chi connectivity index (χ3n) is 4.09. The molecule has 0 aliphatic carbocycles. The number of aromatic nitrogens is 5. The van der Waals surface area contributed by atoms with Crippen molar-refractivity contribution in [3.8, 4) is 5.69 Å². The van der Waals surface area contributed by atoms with E-state index in [4.69, 9.17) is 9.72 Å². The van der Waals surface area contributed by atoms with E-state index in [-0.39, 0.29) is 0 Å². The molecule has 126 valence electrons. The number of para-hydroxylation sites is 1. The summed E-state index contributed by atoms with van der Waals surface area (Å²) in [6.07, 6.45) is 7.35. The molecule has 0 spiro atoms. The maximum absolute atomic E-state index is 5.51. The molecule has 0 radical (unpaired) electrons. The molecule has 0 N–H and O–H groups in total. The van der Waals surface area contributed by atoms with Crippen LogP contribution in [0.15, 0.2) is 61.2 Å². The highest BCUT2D eigenvalue weighted by molar-refractivity contribution is 5.77. The van der Waals surface area contributed by atoms with Crippen LogP contribution in [-0.4, -0.2) is 30.7 Å². The Morgan fingerprint density at radius 1 is 1.04 bits per heavy atom. The summed E-state index contributed by atoms with van der Waals surface area (Å²) >= 11 is 0. The minimum atomic E-state index is 0.497. The highest BCUT2D eigenvalue weighted by Crippen LogP contribution is 2.21. The fourth-order valence-electron chi connectivity index (χ4n) is 2.92. The molecule has 0 amide bonds. The number of ether oxygens (including phenoxy) is 1. The third kappa shape index (κ3) is 3.04. The van der Waals surface area contributed by atoms with Crippen molar-refractivity contribution in [3.05, 3.63) is 72.8 Å². The van der Waals surface area contributed by atoms with Gasteiger partial charge in [-0.2, -0.15) is 0 Å². The van der Waals surface area contributed by atoms with Crippen LogP contribution in [0.4, 0.5) is 0 Å². The third-order valence-corrected chi connectivity index (χ3v) is 4.09. The van der Waals surface area contributed by atoms with Crippen molar-refractivity contribution in [2.75, 3.05) is 6.61 Å². The first kappa shape index (κ1) is 15.5. The summed E-state index contributed by atoms with van der Waals surface area (Å²) in [5.41, 5.74) is 3.01. The smallest absolute Gasteiger partial charge is 0.135 e.